The van der Waals surface area contributed by atoms with Crippen LogP contribution in [-0.4, -0.2) is 56.2 Å². The SMILES string of the molecule is C[C@@H](C(=O)N1C(=O)OC[C@H]1Cc1ccccc1)[C@@H](O[Si](C)(C)C(C)(C)C)[C@H]1COC(C)(C)C1. The van der Waals surface area contributed by atoms with Gasteiger partial charge >= 0.3 is 6.09 Å². The fourth-order valence-corrected chi connectivity index (χ4v) is 5.97. The minimum atomic E-state index is -2.17. The fourth-order valence-electron chi connectivity index (χ4n) is 4.54. The van der Waals surface area contributed by atoms with E-state index in [1.165, 1.54) is 4.90 Å². The molecule has 2 saturated heterocycles. The van der Waals surface area contributed by atoms with Crippen molar-refractivity contribution in [3.63, 3.8) is 0 Å². The summed E-state index contributed by atoms with van der Waals surface area (Å²) in [6.45, 7) is 17.9. The van der Waals surface area contributed by atoms with Crippen molar-refractivity contribution in [2.75, 3.05) is 13.2 Å². The van der Waals surface area contributed by atoms with Gasteiger partial charge in [0.25, 0.3) is 0 Å². The maximum atomic E-state index is 13.8. The highest BCUT2D eigenvalue weighted by atomic mass is 28.4. The van der Waals surface area contributed by atoms with Crippen molar-refractivity contribution < 1.29 is 23.5 Å². The first-order valence-electron chi connectivity index (χ1n) is 12.1. The van der Waals surface area contributed by atoms with E-state index in [-0.39, 0.29) is 41.2 Å². The van der Waals surface area contributed by atoms with Gasteiger partial charge in [-0.25, -0.2) is 9.69 Å². The molecule has 2 aliphatic heterocycles. The summed E-state index contributed by atoms with van der Waals surface area (Å²) in [6, 6.07) is 9.60. The van der Waals surface area contributed by atoms with Crippen LogP contribution in [-0.2, 0) is 25.1 Å². The molecule has 0 spiro atoms. The van der Waals surface area contributed by atoms with E-state index in [0.717, 1.165) is 12.0 Å². The summed E-state index contributed by atoms with van der Waals surface area (Å²) >= 11 is 0. The monoisotopic (exact) mass is 475 g/mol. The third-order valence-corrected chi connectivity index (χ3v) is 12.0. The number of nitrogens with zero attached hydrogens (tertiary/aromatic N) is 1. The first-order valence-corrected chi connectivity index (χ1v) is 15.0. The average molecular weight is 476 g/mol. The molecule has 4 atom stereocenters. The van der Waals surface area contributed by atoms with Crippen molar-refractivity contribution in [3.8, 4) is 0 Å². The maximum Gasteiger partial charge on any atom is 0.416 e. The van der Waals surface area contributed by atoms with Crippen LogP contribution in [0.3, 0.4) is 0 Å². The lowest BCUT2D eigenvalue weighted by Crippen LogP contribution is -2.52. The van der Waals surface area contributed by atoms with Crippen LogP contribution in [0.4, 0.5) is 4.79 Å². The molecule has 0 aromatic heterocycles. The molecular formula is C26H41NO5Si. The van der Waals surface area contributed by atoms with Crippen molar-refractivity contribution in [2.24, 2.45) is 11.8 Å². The number of ether oxygens (including phenoxy) is 2. The summed E-state index contributed by atoms with van der Waals surface area (Å²) in [5.41, 5.74) is 0.830. The second-order valence-corrected chi connectivity index (χ2v) is 16.6. The summed E-state index contributed by atoms with van der Waals surface area (Å²) < 4.78 is 18.2. The second kappa shape index (κ2) is 9.51. The minimum Gasteiger partial charge on any atom is -0.447 e. The van der Waals surface area contributed by atoms with E-state index in [9.17, 15) is 9.59 Å². The van der Waals surface area contributed by atoms with E-state index in [0.29, 0.717) is 13.0 Å². The van der Waals surface area contributed by atoms with Gasteiger partial charge in [-0.15, -0.1) is 0 Å². The largest absolute Gasteiger partial charge is 0.447 e. The lowest BCUT2D eigenvalue weighted by Gasteiger charge is -2.42. The Balaban J connectivity index is 1.85. The zero-order valence-electron chi connectivity index (χ0n) is 21.5. The van der Waals surface area contributed by atoms with Crippen LogP contribution in [0, 0.1) is 11.8 Å². The van der Waals surface area contributed by atoms with Gasteiger partial charge in [0.2, 0.25) is 5.91 Å². The highest BCUT2D eigenvalue weighted by molar-refractivity contribution is 6.74. The molecule has 0 unspecified atom stereocenters. The van der Waals surface area contributed by atoms with Crippen molar-refractivity contribution in [3.05, 3.63) is 35.9 Å². The van der Waals surface area contributed by atoms with Gasteiger partial charge in [-0.1, -0.05) is 58.0 Å². The highest BCUT2D eigenvalue weighted by Gasteiger charge is 2.49. The highest BCUT2D eigenvalue weighted by Crippen LogP contribution is 2.42. The Labute approximate surface area is 200 Å². The van der Waals surface area contributed by atoms with E-state index in [1.54, 1.807) is 0 Å². The minimum absolute atomic E-state index is 0.00537. The van der Waals surface area contributed by atoms with Crippen molar-refractivity contribution >= 4 is 20.3 Å². The molecule has 0 N–H and O–H groups in total. The number of rotatable bonds is 7. The topological polar surface area (TPSA) is 65.1 Å². The molecule has 0 aliphatic carbocycles. The normalized spacial score (nSPS) is 25.1. The van der Waals surface area contributed by atoms with E-state index < -0.39 is 20.3 Å². The van der Waals surface area contributed by atoms with Crippen molar-refractivity contribution in [1.29, 1.82) is 0 Å². The van der Waals surface area contributed by atoms with Gasteiger partial charge in [0.1, 0.15) is 6.61 Å². The van der Waals surface area contributed by atoms with Crippen LogP contribution < -0.4 is 0 Å². The van der Waals surface area contributed by atoms with Gasteiger partial charge in [-0.2, -0.15) is 0 Å². The average Bonchev–Trinajstić information content (AvgIpc) is 3.26. The van der Waals surface area contributed by atoms with Gasteiger partial charge in [0.15, 0.2) is 8.32 Å². The quantitative estimate of drug-likeness (QED) is 0.493. The lowest BCUT2D eigenvalue weighted by atomic mass is 9.86. The van der Waals surface area contributed by atoms with Crippen molar-refractivity contribution in [1.82, 2.24) is 4.90 Å². The summed E-state index contributed by atoms with van der Waals surface area (Å²) in [5, 5.41) is 0.00537. The molecule has 1 aromatic carbocycles. The standard InChI is InChI=1S/C26H41NO5Si/c1-18(22(20-15-26(5,6)31-16-20)32-33(7,8)25(2,3)4)23(28)27-21(17-30-24(27)29)14-19-12-10-9-11-13-19/h9-13,18,20-22H,14-17H2,1-8H3/t18-,20-,21-,22-/m1/s1. The molecule has 2 heterocycles. The van der Waals surface area contributed by atoms with Gasteiger partial charge in [0.05, 0.1) is 30.3 Å². The van der Waals surface area contributed by atoms with Crippen LogP contribution in [0.5, 0.6) is 0 Å². The molecule has 0 bridgehead atoms. The number of carbonyl (C=O) groups excluding carboxylic acids is 2. The Kier molecular flexibility index (Phi) is 7.47. The molecule has 2 fully saturated rings. The Morgan fingerprint density at radius 2 is 1.85 bits per heavy atom. The molecule has 0 radical (unpaired) electrons. The summed E-state index contributed by atoms with van der Waals surface area (Å²) in [4.78, 5) is 27.7. The van der Waals surface area contributed by atoms with Gasteiger partial charge in [0, 0.05) is 5.92 Å². The van der Waals surface area contributed by atoms with Crippen LogP contribution >= 0.6 is 0 Å². The number of cyclic esters (lactones) is 1. The lowest BCUT2D eigenvalue weighted by molar-refractivity contribution is -0.137. The van der Waals surface area contributed by atoms with E-state index in [1.807, 2.05) is 37.3 Å². The summed E-state index contributed by atoms with van der Waals surface area (Å²) in [5.74, 6) is -0.600. The number of hydrogen-bond acceptors (Lipinski definition) is 5. The Morgan fingerprint density at radius 3 is 2.39 bits per heavy atom. The van der Waals surface area contributed by atoms with Crippen LogP contribution in [0.1, 0.15) is 53.5 Å². The van der Waals surface area contributed by atoms with E-state index in [4.69, 9.17) is 13.9 Å². The van der Waals surface area contributed by atoms with Gasteiger partial charge in [-0.3, -0.25) is 4.79 Å². The Morgan fingerprint density at radius 1 is 1.21 bits per heavy atom. The number of carbonyl (C=O) groups is 2. The third-order valence-electron chi connectivity index (χ3n) is 7.54. The molecular weight excluding hydrogens is 434 g/mol. The smallest absolute Gasteiger partial charge is 0.416 e. The summed E-state index contributed by atoms with van der Waals surface area (Å²) in [6.07, 6.45) is 0.535. The van der Waals surface area contributed by atoms with Crippen LogP contribution in [0.2, 0.25) is 18.1 Å². The van der Waals surface area contributed by atoms with Gasteiger partial charge < -0.3 is 13.9 Å². The number of benzene rings is 1. The fraction of sp³-hybridized carbons (Fsp3) is 0.692. The Bertz CT molecular complexity index is 848. The van der Waals surface area contributed by atoms with Gasteiger partial charge in [-0.05, 0) is 50.4 Å². The van der Waals surface area contributed by atoms with E-state index >= 15 is 0 Å². The Hall–Kier alpha value is -1.70. The molecule has 33 heavy (non-hydrogen) atoms. The van der Waals surface area contributed by atoms with E-state index in [2.05, 4.69) is 47.7 Å². The number of imide groups is 1. The zero-order valence-corrected chi connectivity index (χ0v) is 22.5. The molecule has 7 heteroatoms. The first kappa shape index (κ1) is 25.9. The zero-order chi connectivity index (χ0) is 24.6. The molecule has 2 aliphatic rings. The van der Waals surface area contributed by atoms with Crippen molar-refractivity contribution in [2.45, 2.75) is 90.3 Å². The molecule has 184 valence electrons. The summed E-state index contributed by atoms with van der Waals surface area (Å²) in [7, 11) is -2.17. The molecule has 6 nitrogen and oxygen atoms in total. The van der Waals surface area contributed by atoms with Crippen LogP contribution in [0.25, 0.3) is 0 Å². The number of hydrogen-bond donors (Lipinski definition) is 0. The maximum absolute atomic E-state index is 13.8. The molecule has 0 saturated carbocycles. The predicted octanol–water partition coefficient (Wildman–Crippen LogP) is 5.42. The molecule has 2 amide bonds. The third kappa shape index (κ3) is 5.87. The van der Waals surface area contributed by atoms with Crippen LogP contribution in [0.15, 0.2) is 30.3 Å². The number of amides is 2. The molecule has 1 aromatic rings. The molecule has 3 rings (SSSR count). The second-order valence-electron chi connectivity index (χ2n) is 11.8. The predicted molar refractivity (Wildman–Crippen MR) is 132 cm³/mol. The first-order chi connectivity index (χ1) is 15.2.